The molecular weight excluding hydrogens is 468 g/mol. The van der Waals surface area contributed by atoms with Gasteiger partial charge in [0.25, 0.3) is 16.8 Å². The summed E-state index contributed by atoms with van der Waals surface area (Å²) < 4.78 is 2.00. The molecule has 0 unspecified atom stereocenters. The number of hydrogen-bond acceptors (Lipinski definition) is 6. The molecule has 0 spiro atoms. The van der Waals surface area contributed by atoms with Gasteiger partial charge in [0, 0.05) is 54.4 Å². The van der Waals surface area contributed by atoms with Crippen molar-refractivity contribution in [3.8, 4) is 0 Å². The number of imide groups is 1. The lowest BCUT2D eigenvalue weighted by atomic mass is 10.1. The second-order valence-electron chi connectivity index (χ2n) is 8.51. The Morgan fingerprint density at radius 1 is 1.06 bits per heavy atom. The highest BCUT2D eigenvalue weighted by Gasteiger charge is 2.37. The molecule has 2 aromatic carbocycles. The summed E-state index contributed by atoms with van der Waals surface area (Å²) in [6.07, 6.45) is 5.48. The van der Waals surface area contributed by atoms with Gasteiger partial charge in [-0.05, 0) is 42.3 Å². The first kappa shape index (κ1) is 22.9. The van der Waals surface area contributed by atoms with E-state index in [-0.39, 0.29) is 23.0 Å². The third-order valence-corrected chi connectivity index (χ3v) is 7.14. The monoisotopic (exact) mass is 490 g/mol. The van der Waals surface area contributed by atoms with Gasteiger partial charge in [-0.2, -0.15) is 0 Å². The molecule has 35 heavy (non-hydrogen) atoms. The molecule has 1 aromatic heterocycles. The Morgan fingerprint density at radius 3 is 2.49 bits per heavy atom. The maximum absolute atomic E-state index is 13.0. The predicted molar refractivity (Wildman–Crippen MR) is 133 cm³/mol. The van der Waals surface area contributed by atoms with Crippen LogP contribution in [0.15, 0.2) is 59.6 Å². The number of hydrogen-bond donors (Lipinski definition) is 0. The molecule has 2 fully saturated rings. The fraction of sp³-hybridized carbons (Fsp3) is 0.240. The van der Waals surface area contributed by atoms with E-state index < -0.39 is 16.1 Å². The highest BCUT2D eigenvalue weighted by Crippen LogP contribution is 2.34. The van der Waals surface area contributed by atoms with Crippen LogP contribution in [0.5, 0.6) is 0 Å². The molecule has 3 amide bonds. The van der Waals surface area contributed by atoms with Gasteiger partial charge < -0.3 is 9.47 Å². The topological polar surface area (TPSA) is 106 Å². The minimum Gasteiger partial charge on any atom is -0.342 e. The quantitative estimate of drug-likeness (QED) is 0.290. The van der Waals surface area contributed by atoms with Gasteiger partial charge in [0.15, 0.2) is 0 Å². The van der Waals surface area contributed by atoms with Crippen LogP contribution in [-0.2, 0) is 16.1 Å². The van der Waals surface area contributed by atoms with Crippen molar-refractivity contribution in [2.75, 3.05) is 19.6 Å². The standard InChI is InChI=1S/C25H22N4O5S/c30-23(26-11-3-4-12-26)16-28-24(31)22(35-25(28)32)13-18-15-27(21-6-2-1-5-20(18)21)14-17-7-9-19(10-8-17)29(33)34/h1-2,5-10,13,15H,3-4,11-12,14,16H2/b22-13-. The van der Waals surface area contributed by atoms with Gasteiger partial charge in [0.05, 0.1) is 9.83 Å². The average molecular weight is 491 g/mol. The van der Waals surface area contributed by atoms with Crippen LogP contribution < -0.4 is 0 Å². The minimum atomic E-state index is -0.459. The molecule has 3 aromatic rings. The first-order valence-electron chi connectivity index (χ1n) is 11.2. The number of rotatable bonds is 6. The van der Waals surface area contributed by atoms with E-state index in [1.165, 1.54) is 12.1 Å². The zero-order chi connectivity index (χ0) is 24.5. The molecule has 0 radical (unpaired) electrons. The van der Waals surface area contributed by atoms with Crippen molar-refractivity contribution in [1.29, 1.82) is 0 Å². The Bertz CT molecular complexity index is 1370. The fourth-order valence-corrected chi connectivity index (χ4v) is 5.25. The molecule has 0 aliphatic carbocycles. The number of thioether (sulfide) groups is 1. The van der Waals surface area contributed by atoms with Crippen LogP contribution in [0.25, 0.3) is 17.0 Å². The van der Waals surface area contributed by atoms with E-state index in [1.807, 2.05) is 35.0 Å². The summed E-state index contributed by atoms with van der Waals surface area (Å²) in [5.41, 5.74) is 2.63. The molecule has 0 atom stereocenters. The van der Waals surface area contributed by atoms with Gasteiger partial charge in [-0.25, -0.2) is 0 Å². The molecule has 2 saturated heterocycles. The lowest BCUT2D eigenvalue weighted by Gasteiger charge is -2.18. The number of amides is 3. The van der Waals surface area contributed by atoms with Crippen LogP contribution >= 0.6 is 11.8 Å². The fourth-order valence-electron chi connectivity index (χ4n) is 4.42. The number of nitro groups is 1. The van der Waals surface area contributed by atoms with E-state index in [1.54, 1.807) is 23.1 Å². The average Bonchev–Trinajstić information content (AvgIpc) is 3.56. The third-order valence-electron chi connectivity index (χ3n) is 6.23. The molecule has 0 N–H and O–H groups in total. The highest BCUT2D eigenvalue weighted by atomic mass is 32.2. The second-order valence-corrected chi connectivity index (χ2v) is 9.50. The molecule has 9 nitrogen and oxygen atoms in total. The van der Waals surface area contributed by atoms with Crippen molar-refractivity contribution in [3.63, 3.8) is 0 Å². The van der Waals surface area contributed by atoms with Crippen LogP contribution in [0.2, 0.25) is 0 Å². The lowest BCUT2D eigenvalue weighted by Crippen LogP contribution is -2.40. The smallest absolute Gasteiger partial charge is 0.294 e. The SMILES string of the molecule is O=C(CN1C(=O)S/C(=C\c2cn(Cc3ccc([N+](=O)[O-])cc3)c3ccccc23)C1=O)N1CCCC1. The summed E-state index contributed by atoms with van der Waals surface area (Å²) in [7, 11) is 0. The van der Waals surface area contributed by atoms with E-state index >= 15 is 0 Å². The molecule has 5 rings (SSSR count). The minimum absolute atomic E-state index is 0.0331. The van der Waals surface area contributed by atoms with Crippen molar-refractivity contribution >= 4 is 51.5 Å². The summed E-state index contributed by atoms with van der Waals surface area (Å²) in [4.78, 5) is 51.5. The van der Waals surface area contributed by atoms with Gasteiger partial charge >= 0.3 is 0 Å². The number of fused-ring (bicyclic) bond motifs is 1. The highest BCUT2D eigenvalue weighted by molar-refractivity contribution is 8.18. The predicted octanol–water partition coefficient (Wildman–Crippen LogP) is 4.26. The summed E-state index contributed by atoms with van der Waals surface area (Å²) in [5.74, 6) is -0.662. The first-order chi connectivity index (χ1) is 16.9. The zero-order valence-electron chi connectivity index (χ0n) is 18.8. The van der Waals surface area contributed by atoms with Crippen molar-refractivity contribution in [2.45, 2.75) is 19.4 Å². The van der Waals surface area contributed by atoms with Crippen LogP contribution in [0.4, 0.5) is 10.5 Å². The number of benzene rings is 2. The van der Waals surface area contributed by atoms with E-state index in [0.717, 1.165) is 51.5 Å². The summed E-state index contributed by atoms with van der Waals surface area (Å²) >= 11 is 0.842. The number of aromatic nitrogens is 1. The Hall–Kier alpha value is -3.92. The maximum Gasteiger partial charge on any atom is 0.294 e. The zero-order valence-corrected chi connectivity index (χ0v) is 19.6. The van der Waals surface area contributed by atoms with Crippen LogP contribution in [0.1, 0.15) is 24.0 Å². The Balaban J connectivity index is 1.40. The van der Waals surface area contributed by atoms with Crippen LogP contribution in [-0.4, -0.2) is 56.0 Å². The number of nitro benzene ring substituents is 1. The molecule has 0 bridgehead atoms. The molecular formula is C25H22N4O5S. The van der Waals surface area contributed by atoms with Crippen molar-refractivity contribution in [3.05, 3.63) is 80.9 Å². The van der Waals surface area contributed by atoms with Crippen molar-refractivity contribution in [2.24, 2.45) is 0 Å². The van der Waals surface area contributed by atoms with Crippen molar-refractivity contribution in [1.82, 2.24) is 14.4 Å². The van der Waals surface area contributed by atoms with E-state index in [4.69, 9.17) is 0 Å². The van der Waals surface area contributed by atoms with E-state index in [9.17, 15) is 24.5 Å². The molecule has 10 heteroatoms. The van der Waals surface area contributed by atoms with Gasteiger partial charge in [0.2, 0.25) is 5.91 Å². The molecule has 178 valence electrons. The van der Waals surface area contributed by atoms with Crippen LogP contribution in [0.3, 0.4) is 0 Å². The number of non-ortho nitro benzene ring substituents is 1. The molecule has 2 aliphatic rings. The lowest BCUT2D eigenvalue weighted by molar-refractivity contribution is -0.384. The number of likely N-dealkylation sites (tertiary alicyclic amines) is 1. The van der Waals surface area contributed by atoms with E-state index in [2.05, 4.69) is 0 Å². The van der Waals surface area contributed by atoms with E-state index in [0.29, 0.717) is 19.6 Å². The number of carbonyl (C=O) groups is 3. The Labute approximate surface area is 205 Å². The summed E-state index contributed by atoms with van der Waals surface area (Å²) in [6.45, 7) is 1.58. The Morgan fingerprint density at radius 2 is 1.77 bits per heavy atom. The largest absolute Gasteiger partial charge is 0.342 e. The van der Waals surface area contributed by atoms with Gasteiger partial charge in [-0.1, -0.05) is 30.3 Å². The van der Waals surface area contributed by atoms with Crippen LogP contribution in [0, 0.1) is 10.1 Å². The van der Waals surface area contributed by atoms with Crippen molar-refractivity contribution < 1.29 is 19.3 Å². The molecule has 0 saturated carbocycles. The van der Waals surface area contributed by atoms with Gasteiger partial charge in [-0.3, -0.25) is 29.4 Å². The number of carbonyl (C=O) groups excluding carboxylic acids is 3. The third kappa shape index (κ3) is 4.57. The normalized spacial score (nSPS) is 17.2. The van der Waals surface area contributed by atoms with Gasteiger partial charge in [0.1, 0.15) is 6.54 Å². The summed E-state index contributed by atoms with van der Waals surface area (Å²) in [5, 5.41) is 11.4. The number of para-hydroxylation sites is 1. The second kappa shape index (κ2) is 9.38. The van der Waals surface area contributed by atoms with Gasteiger partial charge in [-0.15, -0.1) is 0 Å². The maximum atomic E-state index is 13.0. The molecule has 3 heterocycles. The first-order valence-corrected chi connectivity index (χ1v) is 12.1. The number of nitrogens with zero attached hydrogens (tertiary/aromatic N) is 4. The Kier molecular flexibility index (Phi) is 6.12. The summed E-state index contributed by atoms with van der Waals surface area (Å²) in [6, 6.07) is 14.1. The molecule has 2 aliphatic heterocycles.